The summed E-state index contributed by atoms with van der Waals surface area (Å²) < 4.78 is 2.30. The molecule has 1 amide bonds. The fourth-order valence-corrected chi connectivity index (χ4v) is 4.72. The van der Waals surface area contributed by atoms with Crippen molar-refractivity contribution in [3.05, 3.63) is 95.3 Å². The Morgan fingerprint density at radius 1 is 0.939 bits per heavy atom. The van der Waals surface area contributed by atoms with Crippen molar-refractivity contribution < 1.29 is 4.79 Å². The smallest absolute Gasteiger partial charge is 0.227 e. The van der Waals surface area contributed by atoms with Crippen LogP contribution in [0.4, 0.5) is 5.69 Å². The van der Waals surface area contributed by atoms with Gasteiger partial charge in [0.15, 0.2) is 0 Å². The van der Waals surface area contributed by atoms with E-state index in [2.05, 4.69) is 86.9 Å². The second-order valence-corrected chi connectivity index (χ2v) is 10.2. The summed E-state index contributed by atoms with van der Waals surface area (Å²) in [5.74, 6) is 1.23. The maximum absolute atomic E-state index is 12.9. The summed E-state index contributed by atoms with van der Waals surface area (Å²) in [6.45, 7) is 10.2. The number of carbonyl (C=O) groups is 1. The van der Waals surface area contributed by atoms with E-state index in [9.17, 15) is 4.79 Å². The zero-order valence-electron chi connectivity index (χ0n) is 19.9. The van der Waals surface area contributed by atoms with E-state index in [1.165, 1.54) is 16.7 Å². The minimum Gasteiger partial charge on any atom is -0.323 e. The third kappa shape index (κ3) is 4.18. The van der Waals surface area contributed by atoms with Gasteiger partial charge in [0, 0.05) is 31.1 Å². The van der Waals surface area contributed by atoms with E-state index in [0.29, 0.717) is 13.0 Å². The summed E-state index contributed by atoms with van der Waals surface area (Å²) in [5, 5.41) is 0. The van der Waals surface area contributed by atoms with Gasteiger partial charge in [-0.2, -0.15) is 0 Å². The van der Waals surface area contributed by atoms with Gasteiger partial charge in [-0.1, -0.05) is 74.9 Å². The highest BCUT2D eigenvalue weighted by molar-refractivity contribution is 5.96. The second-order valence-electron chi connectivity index (χ2n) is 10.2. The lowest BCUT2D eigenvalue weighted by Gasteiger charge is -2.20. The molecule has 0 bridgehead atoms. The Bertz CT molecular complexity index is 1290. The molecule has 1 aliphatic rings. The number of carbonyl (C=O) groups excluding carboxylic acids is 1. The number of nitrogens with zero attached hydrogens (tertiary/aromatic N) is 3. The van der Waals surface area contributed by atoms with Crippen molar-refractivity contribution in [1.29, 1.82) is 0 Å². The van der Waals surface area contributed by atoms with Gasteiger partial charge >= 0.3 is 0 Å². The predicted molar refractivity (Wildman–Crippen MR) is 135 cm³/mol. The molecule has 4 nitrogen and oxygen atoms in total. The van der Waals surface area contributed by atoms with Gasteiger partial charge in [-0.3, -0.25) is 4.79 Å². The van der Waals surface area contributed by atoms with Crippen LogP contribution in [0, 0.1) is 6.92 Å². The number of hydrogen-bond donors (Lipinski definition) is 0. The van der Waals surface area contributed by atoms with Crippen molar-refractivity contribution in [2.24, 2.45) is 0 Å². The average Bonchev–Trinajstić information content (AvgIpc) is 3.35. The third-order valence-electron chi connectivity index (χ3n) is 6.68. The van der Waals surface area contributed by atoms with Crippen LogP contribution in [-0.4, -0.2) is 22.0 Å². The minimum atomic E-state index is 0.0695. The lowest BCUT2D eigenvalue weighted by molar-refractivity contribution is -0.117. The standard InChI is InChI=1S/C29H31N3O/c1-20-9-15-24(16-10-20)31-19-22(17-27(31)33)28-30-25-7-5-6-8-26(25)32(28)18-21-11-13-23(14-12-21)29(2,3)4/h5-16,22H,17-19H2,1-4H3. The maximum Gasteiger partial charge on any atom is 0.227 e. The monoisotopic (exact) mass is 437 g/mol. The summed E-state index contributed by atoms with van der Waals surface area (Å²) in [7, 11) is 0. The Balaban J connectivity index is 1.48. The van der Waals surface area contributed by atoms with Crippen LogP contribution in [-0.2, 0) is 16.8 Å². The topological polar surface area (TPSA) is 38.1 Å². The van der Waals surface area contributed by atoms with Gasteiger partial charge in [-0.25, -0.2) is 4.98 Å². The number of amides is 1. The van der Waals surface area contributed by atoms with Crippen LogP contribution in [0.5, 0.6) is 0 Å². The first kappa shape index (κ1) is 21.4. The molecule has 0 aliphatic carbocycles. The lowest BCUT2D eigenvalue weighted by atomic mass is 9.87. The molecule has 0 N–H and O–H groups in total. The number of aromatic nitrogens is 2. The largest absolute Gasteiger partial charge is 0.323 e. The van der Waals surface area contributed by atoms with Crippen LogP contribution in [0.3, 0.4) is 0 Å². The van der Waals surface area contributed by atoms with Crippen LogP contribution >= 0.6 is 0 Å². The fourth-order valence-electron chi connectivity index (χ4n) is 4.72. The van der Waals surface area contributed by atoms with Gasteiger partial charge in [-0.15, -0.1) is 0 Å². The first-order valence-corrected chi connectivity index (χ1v) is 11.7. The Kier molecular flexibility index (Phi) is 5.32. The molecule has 4 heteroatoms. The molecular formula is C29H31N3O. The molecule has 1 atom stereocenters. The highest BCUT2D eigenvalue weighted by atomic mass is 16.2. The molecule has 1 aromatic heterocycles. The predicted octanol–water partition coefficient (Wildman–Crippen LogP) is 6.21. The van der Waals surface area contributed by atoms with Gasteiger partial charge in [0.1, 0.15) is 5.82 Å². The van der Waals surface area contributed by atoms with Gasteiger partial charge in [0.05, 0.1) is 11.0 Å². The van der Waals surface area contributed by atoms with Crippen molar-refractivity contribution in [2.45, 2.75) is 52.0 Å². The number of rotatable bonds is 4. The molecule has 0 radical (unpaired) electrons. The SMILES string of the molecule is Cc1ccc(N2CC(c3nc4ccccc4n3Cc3ccc(C(C)(C)C)cc3)CC2=O)cc1. The van der Waals surface area contributed by atoms with E-state index < -0.39 is 0 Å². The first-order chi connectivity index (χ1) is 15.8. The molecule has 3 aromatic carbocycles. The maximum atomic E-state index is 12.9. The van der Waals surface area contributed by atoms with Crippen LogP contribution in [0.25, 0.3) is 11.0 Å². The lowest BCUT2D eigenvalue weighted by Crippen LogP contribution is -2.24. The Labute approximate surface area is 195 Å². The van der Waals surface area contributed by atoms with Crippen LogP contribution in [0.2, 0.25) is 0 Å². The molecule has 33 heavy (non-hydrogen) atoms. The zero-order valence-corrected chi connectivity index (χ0v) is 19.9. The quantitative estimate of drug-likeness (QED) is 0.381. The zero-order chi connectivity index (χ0) is 23.2. The van der Waals surface area contributed by atoms with E-state index in [1.54, 1.807) is 0 Å². The number of anilines is 1. The molecule has 4 aromatic rings. The molecule has 2 heterocycles. The second kappa shape index (κ2) is 8.18. The molecule has 1 unspecified atom stereocenters. The van der Waals surface area contributed by atoms with Gasteiger partial charge in [-0.05, 0) is 47.7 Å². The third-order valence-corrected chi connectivity index (χ3v) is 6.68. The van der Waals surface area contributed by atoms with Gasteiger partial charge < -0.3 is 9.47 Å². The van der Waals surface area contributed by atoms with E-state index in [0.717, 1.165) is 29.1 Å². The van der Waals surface area contributed by atoms with Crippen molar-refractivity contribution in [3.8, 4) is 0 Å². The van der Waals surface area contributed by atoms with Crippen molar-refractivity contribution in [2.75, 3.05) is 11.4 Å². The molecule has 5 rings (SSSR count). The van der Waals surface area contributed by atoms with E-state index in [-0.39, 0.29) is 17.2 Å². The highest BCUT2D eigenvalue weighted by Crippen LogP contribution is 2.34. The molecule has 1 fully saturated rings. The molecule has 0 saturated carbocycles. The summed E-state index contributed by atoms with van der Waals surface area (Å²) >= 11 is 0. The van der Waals surface area contributed by atoms with Crippen LogP contribution < -0.4 is 4.90 Å². The summed E-state index contributed by atoms with van der Waals surface area (Å²) in [4.78, 5) is 19.9. The fraction of sp³-hybridized carbons (Fsp3) is 0.310. The Morgan fingerprint density at radius 2 is 1.64 bits per heavy atom. The van der Waals surface area contributed by atoms with Crippen LogP contribution in [0.1, 0.15) is 55.6 Å². The number of fused-ring (bicyclic) bond motifs is 1. The van der Waals surface area contributed by atoms with E-state index >= 15 is 0 Å². The Morgan fingerprint density at radius 3 is 2.33 bits per heavy atom. The van der Waals surface area contributed by atoms with Crippen molar-refractivity contribution in [3.63, 3.8) is 0 Å². The molecule has 1 aliphatic heterocycles. The number of hydrogen-bond acceptors (Lipinski definition) is 2. The van der Waals surface area contributed by atoms with Crippen molar-refractivity contribution >= 4 is 22.6 Å². The Hall–Kier alpha value is -3.40. The van der Waals surface area contributed by atoms with E-state index in [4.69, 9.17) is 4.98 Å². The molecule has 168 valence electrons. The van der Waals surface area contributed by atoms with Crippen LogP contribution in [0.15, 0.2) is 72.8 Å². The molecule has 0 spiro atoms. The number of imidazole rings is 1. The highest BCUT2D eigenvalue weighted by Gasteiger charge is 2.34. The summed E-state index contributed by atoms with van der Waals surface area (Å²) in [6, 6.07) is 25.4. The minimum absolute atomic E-state index is 0.0695. The summed E-state index contributed by atoms with van der Waals surface area (Å²) in [5.41, 5.74) is 6.97. The van der Waals surface area contributed by atoms with Gasteiger partial charge in [0.2, 0.25) is 5.91 Å². The summed E-state index contributed by atoms with van der Waals surface area (Å²) in [6.07, 6.45) is 0.486. The number of benzene rings is 3. The van der Waals surface area contributed by atoms with Crippen molar-refractivity contribution in [1.82, 2.24) is 9.55 Å². The normalized spacial score (nSPS) is 16.7. The molecule has 1 saturated heterocycles. The van der Waals surface area contributed by atoms with E-state index in [1.807, 2.05) is 23.1 Å². The number of para-hydroxylation sites is 2. The van der Waals surface area contributed by atoms with Gasteiger partial charge in [0.25, 0.3) is 0 Å². The molecular weight excluding hydrogens is 406 g/mol. The first-order valence-electron chi connectivity index (χ1n) is 11.7. The average molecular weight is 438 g/mol. The number of aryl methyl sites for hydroxylation is 1.